The molecule has 2 aromatic heterocycles. The summed E-state index contributed by atoms with van der Waals surface area (Å²) in [5.41, 5.74) is 0.990. The number of aromatic amines is 1. The SMILES string of the molecule is O=C(CSc1n[nH]c(C2CC2)n1)N=c1sccn1Cc1ccccc1Cl. The van der Waals surface area contributed by atoms with Gasteiger partial charge in [0.15, 0.2) is 4.80 Å². The van der Waals surface area contributed by atoms with Crippen LogP contribution >= 0.6 is 34.7 Å². The Morgan fingerprint density at radius 2 is 2.27 bits per heavy atom. The van der Waals surface area contributed by atoms with E-state index in [1.807, 2.05) is 40.4 Å². The maximum atomic E-state index is 12.2. The van der Waals surface area contributed by atoms with Gasteiger partial charge in [0, 0.05) is 22.5 Å². The second-order valence-electron chi connectivity index (χ2n) is 5.98. The monoisotopic (exact) mass is 405 g/mol. The molecule has 0 saturated heterocycles. The number of rotatable bonds is 6. The van der Waals surface area contributed by atoms with Crippen LogP contribution in [0, 0.1) is 0 Å². The highest BCUT2D eigenvalue weighted by atomic mass is 35.5. The van der Waals surface area contributed by atoms with Gasteiger partial charge in [-0.3, -0.25) is 9.89 Å². The molecule has 4 rings (SSSR count). The first kappa shape index (κ1) is 17.5. The molecule has 2 heterocycles. The largest absolute Gasteiger partial charge is 0.319 e. The van der Waals surface area contributed by atoms with Gasteiger partial charge in [0.05, 0.1) is 12.3 Å². The Kier molecular flexibility index (Phi) is 5.23. The molecule has 6 nitrogen and oxygen atoms in total. The number of hydrogen-bond donors (Lipinski definition) is 1. The smallest absolute Gasteiger partial charge is 0.258 e. The molecule has 9 heteroatoms. The van der Waals surface area contributed by atoms with Crippen molar-refractivity contribution in [1.82, 2.24) is 19.7 Å². The van der Waals surface area contributed by atoms with Gasteiger partial charge in [0.2, 0.25) is 5.16 Å². The molecule has 26 heavy (non-hydrogen) atoms. The third-order valence-corrected chi connectivity index (χ3v) is 5.95. The van der Waals surface area contributed by atoms with Crippen LogP contribution in [-0.2, 0) is 11.3 Å². The number of benzene rings is 1. The lowest BCUT2D eigenvalue weighted by molar-refractivity contribution is -0.115. The molecule has 1 N–H and O–H groups in total. The molecule has 0 radical (unpaired) electrons. The first-order valence-electron chi connectivity index (χ1n) is 8.19. The number of thiazole rings is 1. The Balaban J connectivity index is 1.41. The fourth-order valence-electron chi connectivity index (χ4n) is 2.44. The lowest BCUT2D eigenvalue weighted by Gasteiger charge is -2.05. The van der Waals surface area contributed by atoms with Crippen molar-refractivity contribution >= 4 is 40.6 Å². The number of nitrogens with one attached hydrogen (secondary N) is 1. The van der Waals surface area contributed by atoms with Gasteiger partial charge < -0.3 is 4.57 Å². The van der Waals surface area contributed by atoms with Crippen LogP contribution in [0.2, 0.25) is 5.02 Å². The molecule has 1 aliphatic rings. The lowest BCUT2D eigenvalue weighted by atomic mass is 10.2. The summed E-state index contributed by atoms with van der Waals surface area (Å²) in [5.74, 6) is 1.45. The summed E-state index contributed by atoms with van der Waals surface area (Å²) >= 11 is 8.95. The highest BCUT2D eigenvalue weighted by Crippen LogP contribution is 2.38. The van der Waals surface area contributed by atoms with E-state index in [-0.39, 0.29) is 11.7 Å². The number of amides is 1. The fraction of sp³-hybridized carbons (Fsp3) is 0.294. The van der Waals surface area contributed by atoms with Crippen LogP contribution < -0.4 is 4.80 Å². The van der Waals surface area contributed by atoms with Crippen molar-refractivity contribution in [2.45, 2.75) is 30.5 Å². The highest BCUT2D eigenvalue weighted by Gasteiger charge is 2.27. The summed E-state index contributed by atoms with van der Waals surface area (Å²) in [7, 11) is 0. The van der Waals surface area contributed by atoms with E-state index in [1.165, 1.54) is 23.1 Å². The third-order valence-electron chi connectivity index (χ3n) is 3.95. The van der Waals surface area contributed by atoms with Gasteiger partial charge in [-0.25, -0.2) is 4.98 Å². The predicted molar refractivity (Wildman–Crippen MR) is 103 cm³/mol. The Labute approximate surface area is 163 Å². The zero-order valence-corrected chi connectivity index (χ0v) is 16.2. The molecule has 0 aliphatic heterocycles. The summed E-state index contributed by atoms with van der Waals surface area (Å²) in [6, 6.07) is 7.66. The number of carbonyl (C=O) groups excluding carboxylic acids is 1. The minimum absolute atomic E-state index is 0.205. The van der Waals surface area contributed by atoms with Crippen LogP contribution in [0.1, 0.15) is 30.1 Å². The maximum Gasteiger partial charge on any atom is 0.258 e. The van der Waals surface area contributed by atoms with Crippen molar-refractivity contribution < 1.29 is 4.79 Å². The molecule has 3 aromatic rings. The predicted octanol–water partition coefficient (Wildman–Crippen LogP) is 3.47. The van der Waals surface area contributed by atoms with E-state index in [1.54, 1.807) is 0 Å². The van der Waals surface area contributed by atoms with Gasteiger partial charge in [0.25, 0.3) is 5.91 Å². The van der Waals surface area contributed by atoms with Crippen LogP contribution in [0.25, 0.3) is 0 Å². The Morgan fingerprint density at radius 3 is 3.08 bits per heavy atom. The van der Waals surface area contributed by atoms with Crippen molar-refractivity contribution in [3.8, 4) is 0 Å². The van der Waals surface area contributed by atoms with Crippen molar-refractivity contribution in [2.24, 2.45) is 4.99 Å². The molecule has 1 aromatic carbocycles. The minimum Gasteiger partial charge on any atom is -0.319 e. The van der Waals surface area contributed by atoms with Gasteiger partial charge in [-0.05, 0) is 24.5 Å². The second-order valence-corrected chi connectivity index (χ2v) is 8.20. The van der Waals surface area contributed by atoms with Gasteiger partial charge in [0.1, 0.15) is 5.82 Å². The Bertz CT molecular complexity index is 989. The molecule has 1 aliphatic carbocycles. The van der Waals surface area contributed by atoms with Crippen molar-refractivity contribution in [2.75, 3.05) is 5.75 Å². The molecular weight excluding hydrogens is 390 g/mol. The number of nitrogens with zero attached hydrogens (tertiary/aromatic N) is 4. The van der Waals surface area contributed by atoms with E-state index in [0.29, 0.717) is 27.4 Å². The summed E-state index contributed by atoms with van der Waals surface area (Å²) < 4.78 is 1.92. The number of H-pyrrole nitrogens is 1. The minimum atomic E-state index is -0.205. The number of carbonyl (C=O) groups is 1. The number of hydrogen-bond acceptors (Lipinski definition) is 5. The van der Waals surface area contributed by atoms with Crippen LogP contribution in [0.3, 0.4) is 0 Å². The van der Waals surface area contributed by atoms with Gasteiger partial charge in [-0.15, -0.1) is 16.4 Å². The molecule has 1 fully saturated rings. The average Bonchev–Trinajstić information content (AvgIpc) is 3.22. The van der Waals surface area contributed by atoms with E-state index in [0.717, 1.165) is 24.2 Å². The van der Waals surface area contributed by atoms with Crippen molar-refractivity contribution in [3.63, 3.8) is 0 Å². The van der Waals surface area contributed by atoms with Crippen molar-refractivity contribution in [1.29, 1.82) is 0 Å². The van der Waals surface area contributed by atoms with Crippen LogP contribution in [0.4, 0.5) is 0 Å². The van der Waals surface area contributed by atoms with E-state index < -0.39 is 0 Å². The average molecular weight is 406 g/mol. The zero-order valence-electron chi connectivity index (χ0n) is 13.8. The molecule has 1 amide bonds. The van der Waals surface area contributed by atoms with Crippen molar-refractivity contribution in [3.05, 3.63) is 57.1 Å². The Hall–Kier alpha value is -1.90. The fourth-order valence-corrected chi connectivity index (χ4v) is 3.98. The van der Waals surface area contributed by atoms with Gasteiger partial charge in [-0.2, -0.15) is 4.99 Å². The Morgan fingerprint density at radius 1 is 1.42 bits per heavy atom. The number of aromatic nitrogens is 4. The molecular formula is C17H16ClN5OS2. The van der Waals surface area contributed by atoms with E-state index in [9.17, 15) is 4.79 Å². The van der Waals surface area contributed by atoms with E-state index in [2.05, 4.69) is 20.2 Å². The topological polar surface area (TPSA) is 75.9 Å². The molecule has 0 atom stereocenters. The van der Waals surface area contributed by atoms with Gasteiger partial charge >= 0.3 is 0 Å². The maximum absolute atomic E-state index is 12.2. The molecule has 0 bridgehead atoms. The summed E-state index contributed by atoms with van der Waals surface area (Å²) in [5, 5.41) is 10.3. The van der Waals surface area contributed by atoms with E-state index in [4.69, 9.17) is 11.6 Å². The first-order valence-corrected chi connectivity index (χ1v) is 10.4. The second kappa shape index (κ2) is 7.77. The molecule has 1 saturated carbocycles. The molecule has 0 spiro atoms. The molecule has 0 unspecified atom stereocenters. The quantitative estimate of drug-likeness (QED) is 0.637. The van der Waals surface area contributed by atoms with Crippen LogP contribution in [0.15, 0.2) is 46.0 Å². The van der Waals surface area contributed by atoms with E-state index >= 15 is 0 Å². The summed E-state index contributed by atoms with van der Waals surface area (Å²) in [4.78, 5) is 21.5. The standard InChI is InChI=1S/C17H16ClN5OS2/c18-13-4-2-1-3-12(13)9-23-7-8-25-17(23)19-14(24)10-26-16-20-15(21-22-16)11-5-6-11/h1-4,7-8,11H,5-6,9-10H2,(H,20,21,22). The highest BCUT2D eigenvalue weighted by molar-refractivity contribution is 7.99. The van der Waals surface area contributed by atoms with Crippen LogP contribution in [-0.4, -0.2) is 31.4 Å². The lowest BCUT2D eigenvalue weighted by Crippen LogP contribution is -2.17. The zero-order chi connectivity index (χ0) is 17.9. The van der Waals surface area contributed by atoms with Crippen LogP contribution in [0.5, 0.6) is 0 Å². The summed E-state index contributed by atoms with van der Waals surface area (Å²) in [6.45, 7) is 0.577. The number of halogens is 1. The third kappa shape index (κ3) is 4.25. The normalized spacial score (nSPS) is 14.7. The summed E-state index contributed by atoms with van der Waals surface area (Å²) in [6.07, 6.45) is 4.24. The van der Waals surface area contributed by atoms with Gasteiger partial charge in [-0.1, -0.05) is 41.6 Å². The molecule has 134 valence electrons. The first-order chi connectivity index (χ1) is 12.7. The number of thioether (sulfide) groups is 1.